The highest BCUT2D eigenvalue weighted by Crippen LogP contribution is 2.20. The van der Waals surface area contributed by atoms with Gasteiger partial charge >= 0.3 is 5.97 Å². The van der Waals surface area contributed by atoms with Crippen molar-refractivity contribution in [3.8, 4) is 0 Å². The number of rotatable bonds is 6. The monoisotopic (exact) mass is 290 g/mol. The molecule has 0 spiro atoms. The minimum atomic E-state index is -0.368. The van der Waals surface area contributed by atoms with Crippen molar-refractivity contribution in [2.24, 2.45) is 0 Å². The summed E-state index contributed by atoms with van der Waals surface area (Å²) in [6.07, 6.45) is 0.573. The topological polar surface area (TPSA) is 103 Å². The van der Waals surface area contributed by atoms with Crippen LogP contribution in [0.15, 0.2) is 22.7 Å². The third-order valence-corrected chi connectivity index (χ3v) is 2.79. The van der Waals surface area contributed by atoms with Crippen molar-refractivity contribution < 1.29 is 14.1 Å². The summed E-state index contributed by atoms with van der Waals surface area (Å²) in [5, 5.41) is 6.87. The van der Waals surface area contributed by atoms with Gasteiger partial charge < -0.3 is 20.3 Å². The maximum atomic E-state index is 11.7. The molecule has 0 atom stereocenters. The van der Waals surface area contributed by atoms with Gasteiger partial charge in [-0.3, -0.25) is 0 Å². The number of carbonyl (C=O) groups is 1. The molecule has 0 aliphatic heterocycles. The van der Waals surface area contributed by atoms with Gasteiger partial charge in [-0.2, -0.15) is 4.98 Å². The van der Waals surface area contributed by atoms with Crippen LogP contribution >= 0.6 is 0 Å². The number of ether oxygens (including phenoxy) is 1. The Hall–Kier alpha value is -2.57. The number of hydrogen-bond donors (Lipinski definition) is 2. The van der Waals surface area contributed by atoms with Gasteiger partial charge in [0, 0.05) is 13.0 Å². The van der Waals surface area contributed by atoms with Gasteiger partial charge in [-0.25, -0.2) is 4.79 Å². The lowest BCUT2D eigenvalue weighted by Gasteiger charge is -2.10. The number of hydrogen-bond acceptors (Lipinski definition) is 7. The van der Waals surface area contributed by atoms with Gasteiger partial charge in [-0.15, -0.1) is 0 Å². The van der Waals surface area contributed by atoms with Gasteiger partial charge in [-0.1, -0.05) is 5.16 Å². The van der Waals surface area contributed by atoms with Crippen LogP contribution in [-0.4, -0.2) is 29.3 Å². The second kappa shape index (κ2) is 6.74. The van der Waals surface area contributed by atoms with Crippen LogP contribution in [0.2, 0.25) is 0 Å². The molecule has 7 heteroatoms. The number of nitrogen functional groups attached to an aromatic ring is 1. The van der Waals surface area contributed by atoms with E-state index in [0.29, 0.717) is 48.2 Å². The summed E-state index contributed by atoms with van der Waals surface area (Å²) in [5.41, 5.74) is 7.58. The van der Waals surface area contributed by atoms with Gasteiger partial charge in [0.05, 0.1) is 23.5 Å². The molecule has 2 rings (SSSR count). The van der Waals surface area contributed by atoms with E-state index in [1.807, 2.05) is 0 Å². The van der Waals surface area contributed by atoms with Crippen molar-refractivity contribution in [1.82, 2.24) is 10.1 Å². The number of benzene rings is 1. The predicted molar refractivity (Wildman–Crippen MR) is 78.0 cm³/mol. The van der Waals surface area contributed by atoms with Crippen LogP contribution < -0.4 is 11.1 Å². The number of anilines is 2. The summed E-state index contributed by atoms with van der Waals surface area (Å²) in [5.74, 6) is 0.794. The third-order valence-electron chi connectivity index (χ3n) is 2.79. The first kappa shape index (κ1) is 14.8. The number of esters is 1. The Labute approximate surface area is 122 Å². The third kappa shape index (κ3) is 3.95. The second-order valence-electron chi connectivity index (χ2n) is 4.43. The molecule has 7 nitrogen and oxygen atoms in total. The first-order valence-corrected chi connectivity index (χ1v) is 6.70. The Balaban J connectivity index is 1.98. The van der Waals surface area contributed by atoms with Crippen LogP contribution in [0, 0.1) is 6.92 Å². The van der Waals surface area contributed by atoms with E-state index in [1.54, 1.807) is 32.0 Å². The molecule has 0 saturated heterocycles. The first-order chi connectivity index (χ1) is 10.1. The minimum absolute atomic E-state index is 0.336. The van der Waals surface area contributed by atoms with Crippen LogP contribution in [0.4, 0.5) is 11.4 Å². The van der Waals surface area contributed by atoms with Crippen LogP contribution in [-0.2, 0) is 11.2 Å². The quantitative estimate of drug-likeness (QED) is 0.617. The maximum Gasteiger partial charge on any atom is 0.338 e. The van der Waals surface area contributed by atoms with E-state index in [2.05, 4.69) is 15.5 Å². The van der Waals surface area contributed by atoms with Crippen molar-refractivity contribution in [1.29, 1.82) is 0 Å². The molecule has 0 saturated carbocycles. The molecule has 0 radical (unpaired) electrons. The van der Waals surface area contributed by atoms with Crippen molar-refractivity contribution in [2.45, 2.75) is 20.3 Å². The number of nitrogens with two attached hydrogens (primary N) is 1. The first-order valence-electron chi connectivity index (χ1n) is 6.70. The zero-order valence-electron chi connectivity index (χ0n) is 12.0. The second-order valence-corrected chi connectivity index (χ2v) is 4.43. The van der Waals surface area contributed by atoms with E-state index in [9.17, 15) is 4.79 Å². The van der Waals surface area contributed by atoms with Crippen LogP contribution in [0.3, 0.4) is 0 Å². The van der Waals surface area contributed by atoms with Gasteiger partial charge in [0.1, 0.15) is 0 Å². The fraction of sp³-hybridized carbons (Fsp3) is 0.357. The zero-order chi connectivity index (χ0) is 15.2. The van der Waals surface area contributed by atoms with E-state index in [1.165, 1.54) is 0 Å². The fourth-order valence-corrected chi connectivity index (χ4v) is 1.80. The highest BCUT2D eigenvalue weighted by atomic mass is 16.5. The maximum absolute atomic E-state index is 11.7. The molecule has 1 aromatic heterocycles. The van der Waals surface area contributed by atoms with Gasteiger partial charge in [0.15, 0.2) is 5.82 Å². The lowest BCUT2D eigenvalue weighted by atomic mass is 10.1. The summed E-state index contributed by atoms with van der Waals surface area (Å²) in [6.45, 7) is 4.43. The molecule has 0 amide bonds. The van der Waals surface area contributed by atoms with E-state index >= 15 is 0 Å². The van der Waals surface area contributed by atoms with Crippen LogP contribution in [0.5, 0.6) is 0 Å². The largest absolute Gasteiger partial charge is 0.462 e. The van der Waals surface area contributed by atoms with Gasteiger partial charge in [-0.05, 0) is 32.0 Å². The van der Waals surface area contributed by atoms with Crippen molar-refractivity contribution in [3.63, 3.8) is 0 Å². The molecule has 0 aliphatic carbocycles. The summed E-state index contributed by atoms with van der Waals surface area (Å²) in [6, 6.07) is 4.98. The highest BCUT2D eigenvalue weighted by Gasteiger charge is 2.09. The van der Waals surface area contributed by atoms with Gasteiger partial charge in [0.2, 0.25) is 5.89 Å². The zero-order valence-corrected chi connectivity index (χ0v) is 12.0. The SMILES string of the molecule is CCOC(=O)c1ccc(N)c(NCCc2nc(C)no2)c1. The van der Waals surface area contributed by atoms with Gasteiger partial charge in [0.25, 0.3) is 0 Å². The average molecular weight is 290 g/mol. The average Bonchev–Trinajstić information content (AvgIpc) is 2.87. The Morgan fingerprint density at radius 3 is 2.95 bits per heavy atom. The Morgan fingerprint density at radius 2 is 2.29 bits per heavy atom. The molecule has 0 bridgehead atoms. The molecule has 1 heterocycles. The summed E-state index contributed by atoms with van der Waals surface area (Å²) in [7, 11) is 0. The molecule has 0 fully saturated rings. The standard InChI is InChI=1S/C14H18N4O3/c1-3-20-14(19)10-4-5-11(15)12(8-10)16-7-6-13-17-9(2)18-21-13/h4-5,8,16H,3,6-7,15H2,1-2H3. The molecule has 2 aromatic rings. The number of aromatic nitrogens is 2. The molecule has 21 heavy (non-hydrogen) atoms. The van der Waals surface area contributed by atoms with Crippen LogP contribution in [0.1, 0.15) is 29.0 Å². The molecule has 3 N–H and O–H groups in total. The molecule has 112 valence electrons. The van der Waals surface area contributed by atoms with E-state index in [-0.39, 0.29) is 5.97 Å². The Morgan fingerprint density at radius 1 is 1.48 bits per heavy atom. The Kier molecular flexibility index (Phi) is 4.76. The summed E-state index contributed by atoms with van der Waals surface area (Å²) < 4.78 is 9.98. The number of nitrogens with one attached hydrogen (secondary N) is 1. The van der Waals surface area contributed by atoms with Crippen molar-refractivity contribution in [3.05, 3.63) is 35.5 Å². The number of carbonyl (C=O) groups excluding carboxylic acids is 1. The van der Waals surface area contributed by atoms with Crippen LogP contribution in [0.25, 0.3) is 0 Å². The molecular weight excluding hydrogens is 272 g/mol. The molecule has 1 aromatic carbocycles. The molecule has 0 aliphatic rings. The minimum Gasteiger partial charge on any atom is -0.462 e. The Bertz CT molecular complexity index is 624. The smallest absolute Gasteiger partial charge is 0.338 e. The lowest BCUT2D eigenvalue weighted by Crippen LogP contribution is -2.10. The predicted octanol–water partition coefficient (Wildman–Crippen LogP) is 1.79. The summed E-state index contributed by atoms with van der Waals surface area (Å²) in [4.78, 5) is 15.8. The highest BCUT2D eigenvalue weighted by molar-refractivity contribution is 5.92. The summed E-state index contributed by atoms with van der Waals surface area (Å²) >= 11 is 0. The van der Waals surface area contributed by atoms with E-state index in [4.69, 9.17) is 15.0 Å². The molecular formula is C14H18N4O3. The number of aryl methyl sites for hydroxylation is 1. The molecule has 0 unspecified atom stereocenters. The lowest BCUT2D eigenvalue weighted by molar-refractivity contribution is 0.0526. The van der Waals surface area contributed by atoms with Crippen molar-refractivity contribution >= 4 is 17.3 Å². The number of nitrogens with zero attached hydrogens (tertiary/aromatic N) is 2. The fourth-order valence-electron chi connectivity index (χ4n) is 1.80. The van der Waals surface area contributed by atoms with E-state index < -0.39 is 0 Å². The van der Waals surface area contributed by atoms with E-state index in [0.717, 1.165) is 0 Å². The van der Waals surface area contributed by atoms with Crippen molar-refractivity contribution in [2.75, 3.05) is 24.2 Å². The normalized spacial score (nSPS) is 10.4.